The minimum atomic E-state index is -1.28. The van der Waals surface area contributed by atoms with Crippen LogP contribution < -0.4 is 31.4 Å². The SMILES string of the molecule is CC(C)(O)c1ccc(-c2cc(Br)cc(-n3cc(C(=O)NC4CC4)c(=O)c4cccnc43)c2)c[n+]1[O-].CC(C)(O)c1ccc(-c2cccc(-n3cc(C(N)=O)c(=O)c4cccnc43)c2)c[n+]1[O-]. The van der Waals surface area contributed by atoms with Gasteiger partial charge in [0.2, 0.25) is 22.2 Å². The number of nitrogens with two attached hydrogens (primary N) is 1. The second-order valence-corrected chi connectivity index (χ2v) is 17.9. The fraction of sp³-hybridized carbons (Fsp3) is 0.184. The van der Waals surface area contributed by atoms with Gasteiger partial charge in [-0.25, -0.2) is 9.97 Å². The molecule has 0 saturated heterocycles. The third kappa shape index (κ3) is 9.17. The number of pyridine rings is 6. The highest BCUT2D eigenvalue weighted by molar-refractivity contribution is 9.10. The molecule has 6 heterocycles. The van der Waals surface area contributed by atoms with Gasteiger partial charge in [0.15, 0.2) is 12.4 Å². The number of nitrogens with zero attached hydrogens (tertiary/aromatic N) is 6. The molecule has 1 aliphatic carbocycles. The van der Waals surface area contributed by atoms with Crippen LogP contribution in [0.3, 0.4) is 0 Å². The molecule has 1 saturated carbocycles. The van der Waals surface area contributed by atoms with Crippen molar-refractivity contribution in [3.05, 3.63) is 186 Å². The standard InChI is InChI=1S/C26H23BrN4O4.C23H20N4O4/c1-26(2,34)22-8-5-15(13-31(22)35)16-10-17(27)12-19(11-16)30-14-21(25(33)29-18-6-7-18)23(32)20-4-3-9-28-24(20)30;1-23(2,30)19-9-8-15(12-27(19)31)14-5-3-6-16(11-14)26-13-18(21(24)29)20(28)17-7-4-10-25-22(17)26/h3-5,8-14,18,34H,6-7H2,1-2H3,(H,29,33);3-13,30H,1-2H3,(H2,24,29). The van der Waals surface area contributed by atoms with Crippen LogP contribution in [0.1, 0.15) is 72.6 Å². The summed E-state index contributed by atoms with van der Waals surface area (Å²) in [5.41, 5.74) is 7.21. The number of aromatic nitrogens is 6. The second-order valence-electron chi connectivity index (χ2n) is 17.0. The maximum atomic E-state index is 13.1. The highest BCUT2D eigenvalue weighted by atomic mass is 79.9. The smallest absolute Gasteiger partial charge is 0.257 e. The molecular formula is C49H43BrN8O8. The number of primary amides is 1. The monoisotopic (exact) mass is 950 g/mol. The molecule has 0 spiro atoms. The molecule has 2 amide bonds. The van der Waals surface area contributed by atoms with E-state index in [0.29, 0.717) is 48.6 Å². The van der Waals surface area contributed by atoms with Gasteiger partial charge in [-0.2, -0.15) is 9.46 Å². The number of carbonyl (C=O) groups is 2. The van der Waals surface area contributed by atoms with E-state index < -0.39 is 28.4 Å². The summed E-state index contributed by atoms with van der Waals surface area (Å²) in [5.74, 6) is -1.22. The Kier molecular flexibility index (Phi) is 11.9. The van der Waals surface area contributed by atoms with Crippen molar-refractivity contribution in [2.75, 3.05) is 0 Å². The molecule has 5 N–H and O–H groups in total. The molecule has 1 fully saturated rings. The van der Waals surface area contributed by atoms with Crippen LogP contribution in [0.5, 0.6) is 0 Å². The maximum Gasteiger partial charge on any atom is 0.257 e. The van der Waals surface area contributed by atoms with Crippen LogP contribution in [0, 0.1) is 10.4 Å². The van der Waals surface area contributed by atoms with Crippen molar-refractivity contribution in [2.45, 2.75) is 57.8 Å². The number of benzene rings is 2. The van der Waals surface area contributed by atoms with E-state index in [1.807, 2.05) is 30.3 Å². The molecule has 6 aromatic heterocycles. The van der Waals surface area contributed by atoms with Gasteiger partial charge in [-0.15, -0.1) is 0 Å². The molecule has 8 aromatic rings. The molecule has 9 rings (SSSR count). The van der Waals surface area contributed by atoms with Crippen molar-refractivity contribution in [1.82, 2.24) is 24.4 Å². The summed E-state index contributed by atoms with van der Waals surface area (Å²) in [6, 6.07) is 26.1. The van der Waals surface area contributed by atoms with Gasteiger partial charge in [-0.05, 0) is 118 Å². The average Bonchev–Trinajstić information content (AvgIpc) is 4.10. The molecule has 0 unspecified atom stereocenters. The van der Waals surface area contributed by atoms with E-state index in [1.54, 1.807) is 110 Å². The first kappa shape index (κ1) is 45.0. The molecule has 0 radical (unpaired) electrons. The van der Waals surface area contributed by atoms with Gasteiger partial charge in [0.25, 0.3) is 11.8 Å². The molecule has 66 heavy (non-hydrogen) atoms. The lowest BCUT2D eigenvalue weighted by molar-refractivity contribution is -0.621. The first-order valence-electron chi connectivity index (χ1n) is 20.7. The van der Waals surface area contributed by atoms with Gasteiger partial charge in [-0.1, -0.05) is 28.1 Å². The summed E-state index contributed by atoms with van der Waals surface area (Å²) in [4.78, 5) is 59.0. The molecule has 0 bridgehead atoms. The fourth-order valence-electron chi connectivity index (χ4n) is 7.51. The minimum absolute atomic E-state index is 0.0471. The number of rotatable bonds is 9. The Labute approximate surface area is 385 Å². The zero-order valence-corrected chi connectivity index (χ0v) is 37.7. The molecule has 1 aliphatic rings. The summed E-state index contributed by atoms with van der Waals surface area (Å²) in [7, 11) is 0. The molecule has 17 heteroatoms. The maximum absolute atomic E-state index is 13.1. The second kappa shape index (κ2) is 17.4. The number of nitrogens with one attached hydrogen (secondary N) is 1. The van der Waals surface area contributed by atoms with E-state index in [9.17, 15) is 39.8 Å². The Balaban J connectivity index is 0.000000181. The largest absolute Gasteiger partial charge is 0.618 e. The Hall–Kier alpha value is -7.60. The van der Waals surface area contributed by atoms with Crippen molar-refractivity contribution in [3.8, 4) is 33.6 Å². The number of hydrogen-bond donors (Lipinski definition) is 4. The van der Waals surface area contributed by atoms with Crippen LogP contribution in [-0.4, -0.2) is 47.2 Å². The quantitative estimate of drug-likeness (QED) is 0.104. The van der Waals surface area contributed by atoms with Crippen LogP contribution >= 0.6 is 15.9 Å². The summed E-state index contributed by atoms with van der Waals surface area (Å²) < 4.78 is 5.37. The predicted molar refractivity (Wildman–Crippen MR) is 251 cm³/mol. The summed E-state index contributed by atoms with van der Waals surface area (Å²) in [6.45, 7) is 6.20. The zero-order chi connectivity index (χ0) is 47.2. The zero-order valence-electron chi connectivity index (χ0n) is 36.1. The van der Waals surface area contributed by atoms with Crippen molar-refractivity contribution in [1.29, 1.82) is 0 Å². The summed E-state index contributed by atoms with van der Waals surface area (Å²) in [6.07, 6.45) is 10.7. The Morgan fingerprint density at radius 1 is 0.697 bits per heavy atom. The highest BCUT2D eigenvalue weighted by Gasteiger charge is 2.28. The van der Waals surface area contributed by atoms with E-state index in [2.05, 4.69) is 31.2 Å². The number of fused-ring (bicyclic) bond motifs is 2. The number of carbonyl (C=O) groups excluding carboxylic acids is 2. The topological polar surface area (TPSA) is 236 Å². The lowest BCUT2D eigenvalue weighted by atomic mass is 10.0. The van der Waals surface area contributed by atoms with Crippen molar-refractivity contribution in [3.63, 3.8) is 0 Å². The van der Waals surface area contributed by atoms with Gasteiger partial charge in [0.05, 0.1) is 10.8 Å². The van der Waals surface area contributed by atoms with Gasteiger partial charge in [0, 0.05) is 69.9 Å². The Morgan fingerprint density at radius 2 is 1.21 bits per heavy atom. The molecule has 0 atom stereocenters. The first-order valence-corrected chi connectivity index (χ1v) is 21.5. The normalized spacial score (nSPS) is 12.7. The van der Waals surface area contributed by atoms with E-state index in [-0.39, 0.29) is 39.4 Å². The lowest BCUT2D eigenvalue weighted by Gasteiger charge is -2.17. The Morgan fingerprint density at radius 3 is 1.74 bits per heavy atom. The van der Waals surface area contributed by atoms with E-state index in [1.165, 1.54) is 24.8 Å². The van der Waals surface area contributed by atoms with Gasteiger partial charge >= 0.3 is 0 Å². The molecular weight excluding hydrogens is 908 g/mol. The van der Waals surface area contributed by atoms with E-state index >= 15 is 0 Å². The molecule has 0 aliphatic heterocycles. The number of aliphatic hydroxyl groups is 2. The highest BCUT2D eigenvalue weighted by Crippen LogP contribution is 2.30. The first-order chi connectivity index (χ1) is 31.3. The van der Waals surface area contributed by atoms with E-state index in [0.717, 1.165) is 28.4 Å². The van der Waals surface area contributed by atoms with Crippen LogP contribution in [0.4, 0.5) is 0 Å². The summed E-state index contributed by atoms with van der Waals surface area (Å²) in [5, 5.41) is 48.8. The van der Waals surface area contributed by atoms with Gasteiger partial charge in [-0.3, -0.25) is 19.2 Å². The predicted octanol–water partition coefficient (Wildman–Crippen LogP) is 5.58. The van der Waals surface area contributed by atoms with Crippen LogP contribution in [0.25, 0.3) is 55.7 Å². The minimum Gasteiger partial charge on any atom is -0.618 e. The van der Waals surface area contributed by atoms with Gasteiger partial charge in [0.1, 0.15) is 33.6 Å². The van der Waals surface area contributed by atoms with Crippen LogP contribution in [-0.2, 0) is 11.2 Å². The fourth-order valence-corrected chi connectivity index (χ4v) is 7.99. The third-order valence-corrected chi connectivity index (χ3v) is 11.4. The molecule has 2 aromatic carbocycles. The third-order valence-electron chi connectivity index (χ3n) is 11.0. The molecule has 16 nitrogen and oxygen atoms in total. The number of halogens is 1. The number of amides is 2. The van der Waals surface area contributed by atoms with Crippen LogP contribution in [0.2, 0.25) is 0 Å². The van der Waals surface area contributed by atoms with Crippen LogP contribution in [0.15, 0.2) is 142 Å². The average molecular weight is 952 g/mol. The van der Waals surface area contributed by atoms with E-state index in [4.69, 9.17) is 5.73 Å². The van der Waals surface area contributed by atoms with Gasteiger partial charge < -0.3 is 40.8 Å². The molecule has 334 valence electrons. The van der Waals surface area contributed by atoms with Crippen molar-refractivity contribution in [2.24, 2.45) is 5.73 Å². The number of hydrogen-bond acceptors (Lipinski definition) is 10. The Bertz CT molecular complexity index is 3370. The summed E-state index contributed by atoms with van der Waals surface area (Å²) >= 11 is 3.54. The van der Waals surface area contributed by atoms with Crippen molar-refractivity contribution < 1.29 is 29.3 Å². The lowest BCUT2D eigenvalue weighted by Crippen LogP contribution is -2.39. The van der Waals surface area contributed by atoms with Crippen molar-refractivity contribution >= 4 is 49.8 Å².